The summed E-state index contributed by atoms with van der Waals surface area (Å²) in [6.07, 6.45) is 1.37. The molecule has 2 nitrogen and oxygen atoms in total. The number of nitrogens with one attached hydrogen (secondary N) is 1. The summed E-state index contributed by atoms with van der Waals surface area (Å²) in [4.78, 5) is 0. The summed E-state index contributed by atoms with van der Waals surface area (Å²) in [7, 11) is 0. The summed E-state index contributed by atoms with van der Waals surface area (Å²) in [6.45, 7) is 8.40. The van der Waals surface area contributed by atoms with E-state index in [1.807, 2.05) is 6.07 Å². The summed E-state index contributed by atoms with van der Waals surface area (Å²) < 4.78 is 5.74. The lowest BCUT2D eigenvalue weighted by Gasteiger charge is -2.20. The first-order chi connectivity index (χ1) is 8.16. The standard InChI is InChI=1S/C15H21NO/c1-11(2)17-14-6-4-5-13(9-14)15-10-16-8-7-12(15)3/h4-6,9,11,16H,7-8,10H2,1-3H3. The molecule has 0 spiro atoms. The van der Waals surface area contributed by atoms with Crippen LogP contribution in [-0.4, -0.2) is 19.2 Å². The molecule has 0 fully saturated rings. The maximum absolute atomic E-state index is 5.74. The zero-order valence-corrected chi connectivity index (χ0v) is 10.9. The van der Waals surface area contributed by atoms with Crippen LogP contribution in [0.5, 0.6) is 5.75 Å². The highest BCUT2D eigenvalue weighted by Crippen LogP contribution is 2.26. The Morgan fingerprint density at radius 3 is 2.82 bits per heavy atom. The molecule has 1 aromatic rings. The highest BCUT2D eigenvalue weighted by molar-refractivity contribution is 5.71. The second-order valence-electron chi connectivity index (χ2n) is 4.88. The van der Waals surface area contributed by atoms with E-state index in [0.717, 1.165) is 25.3 Å². The average Bonchev–Trinajstić information content (AvgIpc) is 2.29. The lowest BCUT2D eigenvalue weighted by Crippen LogP contribution is -2.23. The van der Waals surface area contributed by atoms with Crippen LogP contribution in [0.15, 0.2) is 29.8 Å². The molecule has 0 bridgehead atoms. The molecular formula is C15H21NO. The van der Waals surface area contributed by atoms with E-state index in [1.165, 1.54) is 16.7 Å². The first kappa shape index (κ1) is 12.2. The molecule has 2 heteroatoms. The van der Waals surface area contributed by atoms with Gasteiger partial charge in [0.05, 0.1) is 6.10 Å². The van der Waals surface area contributed by atoms with Gasteiger partial charge >= 0.3 is 0 Å². The Morgan fingerprint density at radius 1 is 1.29 bits per heavy atom. The molecule has 0 amide bonds. The van der Waals surface area contributed by atoms with Gasteiger partial charge in [0.15, 0.2) is 0 Å². The quantitative estimate of drug-likeness (QED) is 0.862. The van der Waals surface area contributed by atoms with Gasteiger partial charge in [0.1, 0.15) is 5.75 Å². The highest BCUT2D eigenvalue weighted by Gasteiger charge is 2.11. The normalized spacial score (nSPS) is 16.5. The maximum Gasteiger partial charge on any atom is 0.120 e. The van der Waals surface area contributed by atoms with Crippen LogP contribution in [0.3, 0.4) is 0 Å². The van der Waals surface area contributed by atoms with E-state index in [1.54, 1.807) is 0 Å². The van der Waals surface area contributed by atoms with Gasteiger partial charge in [-0.05, 0) is 57.0 Å². The van der Waals surface area contributed by atoms with E-state index in [9.17, 15) is 0 Å². The van der Waals surface area contributed by atoms with Crippen molar-refractivity contribution in [2.75, 3.05) is 13.1 Å². The smallest absolute Gasteiger partial charge is 0.120 e. The van der Waals surface area contributed by atoms with Crippen molar-refractivity contribution >= 4 is 5.57 Å². The van der Waals surface area contributed by atoms with Crippen LogP contribution in [0.1, 0.15) is 32.8 Å². The van der Waals surface area contributed by atoms with Crippen LogP contribution < -0.4 is 10.1 Å². The molecule has 92 valence electrons. The van der Waals surface area contributed by atoms with E-state index in [4.69, 9.17) is 4.74 Å². The molecule has 0 aromatic heterocycles. The molecule has 1 heterocycles. The van der Waals surface area contributed by atoms with Gasteiger partial charge in [-0.1, -0.05) is 17.7 Å². The fourth-order valence-corrected chi connectivity index (χ4v) is 2.17. The SMILES string of the molecule is CC1=C(c2cccc(OC(C)C)c2)CNCC1. The van der Waals surface area contributed by atoms with Gasteiger partial charge in [0.2, 0.25) is 0 Å². The van der Waals surface area contributed by atoms with Crippen LogP contribution in [0.25, 0.3) is 5.57 Å². The second kappa shape index (κ2) is 5.37. The third-order valence-corrected chi connectivity index (χ3v) is 3.05. The Balaban J connectivity index is 2.26. The minimum atomic E-state index is 0.227. The monoisotopic (exact) mass is 231 g/mol. The average molecular weight is 231 g/mol. The van der Waals surface area contributed by atoms with Crippen LogP contribution in [0, 0.1) is 0 Å². The lowest BCUT2D eigenvalue weighted by atomic mass is 9.96. The molecule has 1 aliphatic rings. The molecule has 0 aliphatic carbocycles. The van der Waals surface area contributed by atoms with Crippen LogP contribution in [-0.2, 0) is 0 Å². The summed E-state index contributed by atoms with van der Waals surface area (Å²) in [5, 5.41) is 3.43. The molecule has 0 unspecified atom stereocenters. The zero-order valence-electron chi connectivity index (χ0n) is 10.9. The van der Waals surface area contributed by atoms with Gasteiger partial charge in [0.25, 0.3) is 0 Å². The Morgan fingerprint density at radius 2 is 2.12 bits per heavy atom. The fraction of sp³-hybridized carbons (Fsp3) is 0.467. The summed E-state index contributed by atoms with van der Waals surface area (Å²) in [5.41, 5.74) is 4.20. The number of hydrogen-bond donors (Lipinski definition) is 1. The van der Waals surface area contributed by atoms with Crippen molar-refractivity contribution in [1.82, 2.24) is 5.32 Å². The minimum absolute atomic E-state index is 0.227. The summed E-state index contributed by atoms with van der Waals surface area (Å²) in [6, 6.07) is 8.41. The topological polar surface area (TPSA) is 21.3 Å². The van der Waals surface area contributed by atoms with Crippen molar-refractivity contribution < 1.29 is 4.74 Å². The van der Waals surface area contributed by atoms with E-state index in [0.29, 0.717) is 0 Å². The molecule has 0 saturated carbocycles. The van der Waals surface area contributed by atoms with E-state index in [2.05, 4.69) is 44.3 Å². The summed E-state index contributed by atoms with van der Waals surface area (Å²) in [5.74, 6) is 0.961. The molecule has 0 atom stereocenters. The van der Waals surface area contributed by atoms with Gasteiger partial charge in [-0.25, -0.2) is 0 Å². The predicted molar refractivity (Wildman–Crippen MR) is 72.3 cm³/mol. The van der Waals surface area contributed by atoms with Crippen molar-refractivity contribution in [1.29, 1.82) is 0 Å². The Kier molecular flexibility index (Phi) is 3.85. The van der Waals surface area contributed by atoms with Crippen molar-refractivity contribution in [2.24, 2.45) is 0 Å². The van der Waals surface area contributed by atoms with Crippen molar-refractivity contribution in [2.45, 2.75) is 33.3 Å². The van der Waals surface area contributed by atoms with Gasteiger partial charge < -0.3 is 10.1 Å². The third kappa shape index (κ3) is 3.10. The first-order valence-corrected chi connectivity index (χ1v) is 6.33. The predicted octanol–water partition coefficient (Wildman–Crippen LogP) is 3.24. The van der Waals surface area contributed by atoms with Crippen molar-refractivity contribution in [3.8, 4) is 5.75 Å². The molecule has 1 N–H and O–H groups in total. The van der Waals surface area contributed by atoms with Crippen LogP contribution in [0.2, 0.25) is 0 Å². The first-order valence-electron chi connectivity index (χ1n) is 6.33. The Bertz CT molecular complexity index is 421. The molecule has 1 aromatic carbocycles. The Hall–Kier alpha value is -1.28. The van der Waals surface area contributed by atoms with E-state index >= 15 is 0 Å². The zero-order chi connectivity index (χ0) is 12.3. The third-order valence-electron chi connectivity index (χ3n) is 3.05. The molecule has 1 aliphatic heterocycles. The number of hydrogen-bond acceptors (Lipinski definition) is 2. The maximum atomic E-state index is 5.74. The Labute approximate surface area is 104 Å². The van der Waals surface area contributed by atoms with Gasteiger partial charge in [-0.2, -0.15) is 0 Å². The lowest BCUT2D eigenvalue weighted by molar-refractivity contribution is 0.242. The molecule has 17 heavy (non-hydrogen) atoms. The molecular weight excluding hydrogens is 210 g/mol. The van der Waals surface area contributed by atoms with Crippen molar-refractivity contribution in [3.05, 3.63) is 35.4 Å². The number of benzene rings is 1. The fourth-order valence-electron chi connectivity index (χ4n) is 2.17. The highest BCUT2D eigenvalue weighted by atomic mass is 16.5. The molecule has 2 rings (SSSR count). The largest absolute Gasteiger partial charge is 0.491 e. The van der Waals surface area contributed by atoms with Gasteiger partial charge in [-0.15, -0.1) is 0 Å². The molecule has 0 radical (unpaired) electrons. The van der Waals surface area contributed by atoms with Crippen molar-refractivity contribution in [3.63, 3.8) is 0 Å². The summed E-state index contributed by atoms with van der Waals surface area (Å²) >= 11 is 0. The number of rotatable bonds is 3. The van der Waals surface area contributed by atoms with Crippen LogP contribution >= 0.6 is 0 Å². The van der Waals surface area contributed by atoms with Gasteiger partial charge in [-0.3, -0.25) is 0 Å². The number of ether oxygens (including phenoxy) is 1. The van der Waals surface area contributed by atoms with Crippen LogP contribution in [0.4, 0.5) is 0 Å². The van der Waals surface area contributed by atoms with E-state index in [-0.39, 0.29) is 6.10 Å². The van der Waals surface area contributed by atoms with E-state index < -0.39 is 0 Å². The molecule has 0 saturated heterocycles. The second-order valence-corrected chi connectivity index (χ2v) is 4.88. The van der Waals surface area contributed by atoms with Gasteiger partial charge in [0, 0.05) is 6.54 Å². The minimum Gasteiger partial charge on any atom is -0.491 e.